The molecule has 1 unspecified atom stereocenters. The van der Waals surface area contributed by atoms with E-state index in [-0.39, 0.29) is 18.0 Å². The highest BCUT2D eigenvalue weighted by Crippen LogP contribution is 2.30. The summed E-state index contributed by atoms with van der Waals surface area (Å²) in [6.07, 6.45) is 0.921. The molecule has 1 aromatic heterocycles. The lowest BCUT2D eigenvalue weighted by molar-refractivity contribution is -0.384. The molecule has 2 heterocycles. The lowest BCUT2D eigenvalue weighted by atomic mass is 9.92. The molecule has 158 valence electrons. The largest absolute Gasteiger partial charge is 0.348 e. The number of hydrogen-bond acceptors (Lipinski definition) is 5. The van der Waals surface area contributed by atoms with Crippen LogP contribution < -0.4 is 5.32 Å². The van der Waals surface area contributed by atoms with Crippen LogP contribution in [0.2, 0.25) is 0 Å². The summed E-state index contributed by atoms with van der Waals surface area (Å²) in [6, 6.07) is 6.52. The molecule has 3 rings (SSSR count). The Bertz CT molecular complexity index is 1040. The smallest absolute Gasteiger partial charge is 0.325 e. The zero-order valence-corrected chi connectivity index (χ0v) is 17.4. The molecule has 9 nitrogen and oxygen atoms in total. The maximum atomic E-state index is 13.0. The van der Waals surface area contributed by atoms with Crippen LogP contribution in [-0.2, 0) is 16.9 Å². The number of carbonyl (C=O) groups excluding carboxylic acids is 3. The monoisotopic (exact) mass is 412 g/mol. The van der Waals surface area contributed by atoms with E-state index in [9.17, 15) is 24.5 Å². The highest BCUT2D eigenvalue weighted by atomic mass is 16.6. The molecule has 30 heavy (non-hydrogen) atoms. The summed E-state index contributed by atoms with van der Waals surface area (Å²) in [7, 11) is 0. The minimum absolute atomic E-state index is 0.117. The number of Topliss-reactive ketones (excluding diaryl/α,β-unsaturated/α-hetero) is 1. The fraction of sp³-hybridized carbons (Fsp3) is 0.381. The maximum Gasteiger partial charge on any atom is 0.325 e. The molecule has 1 atom stereocenters. The molecule has 0 aliphatic carbocycles. The first-order valence-corrected chi connectivity index (χ1v) is 9.69. The molecule has 2 aromatic rings. The van der Waals surface area contributed by atoms with Gasteiger partial charge in [-0.1, -0.05) is 6.92 Å². The van der Waals surface area contributed by atoms with E-state index in [1.165, 1.54) is 31.2 Å². The second-order valence-corrected chi connectivity index (χ2v) is 7.61. The first-order chi connectivity index (χ1) is 14.1. The number of imide groups is 1. The van der Waals surface area contributed by atoms with Gasteiger partial charge < -0.3 is 9.88 Å². The first-order valence-electron chi connectivity index (χ1n) is 9.69. The highest BCUT2D eigenvalue weighted by molar-refractivity contribution is 6.11. The number of ketones is 1. The van der Waals surface area contributed by atoms with Crippen LogP contribution >= 0.6 is 0 Å². The Labute approximate surface area is 173 Å². The molecule has 1 fully saturated rings. The summed E-state index contributed by atoms with van der Waals surface area (Å²) >= 11 is 0. The van der Waals surface area contributed by atoms with Gasteiger partial charge in [0.1, 0.15) is 5.54 Å². The van der Waals surface area contributed by atoms with Gasteiger partial charge >= 0.3 is 6.03 Å². The summed E-state index contributed by atoms with van der Waals surface area (Å²) in [5, 5.41) is 13.5. The van der Waals surface area contributed by atoms with Gasteiger partial charge in [-0.3, -0.25) is 24.6 Å². The zero-order chi connectivity index (χ0) is 22.2. The number of carbonyl (C=O) groups is 3. The highest BCUT2D eigenvalue weighted by Gasteiger charge is 2.49. The van der Waals surface area contributed by atoms with E-state index >= 15 is 0 Å². The topological polar surface area (TPSA) is 115 Å². The fourth-order valence-corrected chi connectivity index (χ4v) is 3.83. The Morgan fingerprint density at radius 1 is 1.20 bits per heavy atom. The summed E-state index contributed by atoms with van der Waals surface area (Å²) in [5.41, 5.74) is 1.14. The third kappa shape index (κ3) is 3.47. The van der Waals surface area contributed by atoms with Crippen molar-refractivity contribution < 1.29 is 19.3 Å². The predicted molar refractivity (Wildman–Crippen MR) is 109 cm³/mol. The molecule has 1 N–H and O–H groups in total. The normalized spacial score (nSPS) is 18.6. The maximum absolute atomic E-state index is 13.0. The first kappa shape index (κ1) is 21.2. The average Bonchev–Trinajstić information content (AvgIpc) is 3.11. The quantitative estimate of drug-likeness (QED) is 0.325. The van der Waals surface area contributed by atoms with E-state index in [1.54, 1.807) is 6.07 Å². The number of nitro benzene ring substituents is 1. The molecule has 9 heteroatoms. The molecule has 3 amide bonds. The number of urea groups is 1. The number of non-ortho nitro benzene ring substituents is 1. The Morgan fingerprint density at radius 2 is 1.83 bits per heavy atom. The molecule has 1 saturated heterocycles. The van der Waals surface area contributed by atoms with Crippen molar-refractivity contribution in [2.45, 2.75) is 46.2 Å². The van der Waals surface area contributed by atoms with Gasteiger partial charge in [0, 0.05) is 35.6 Å². The number of nitrogens with one attached hydrogen (secondary N) is 1. The van der Waals surface area contributed by atoms with Gasteiger partial charge in [-0.15, -0.1) is 0 Å². The van der Waals surface area contributed by atoms with Crippen LogP contribution in [-0.4, -0.2) is 38.7 Å². The number of aromatic nitrogens is 1. The van der Waals surface area contributed by atoms with E-state index in [0.717, 1.165) is 29.3 Å². The van der Waals surface area contributed by atoms with Gasteiger partial charge in [0.15, 0.2) is 5.78 Å². The van der Waals surface area contributed by atoms with Crippen molar-refractivity contribution >= 4 is 23.4 Å². The Kier molecular flexibility index (Phi) is 5.47. The summed E-state index contributed by atoms with van der Waals surface area (Å²) in [5.74, 6) is -0.890. The van der Waals surface area contributed by atoms with Crippen molar-refractivity contribution in [1.82, 2.24) is 14.8 Å². The van der Waals surface area contributed by atoms with Crippen LogP contribution in [0.25, 0.3) is 0 Å². The number of rotatable bonds is 7. The van der Waals surface area contributed by atoms with Gasteiger partial charge in [0.05, 0.1) is 11.5 Å². The van der Waals surface area contributed by atoms with Gasteiger partial charge in [0.2, 0.25) is 0 Å². The van der Waals surface area contributed by atoms with Crippen LogP contribution in [0.1, 0.15) is 47.6 Å². The second kappa shape index (κ2) is 7.74. The van der Waals surface area contributed by atoms with E-state index in [4.69, 9.17) is 0 Å². The van der Waals surface area contributed by atoms with Crippen molar-refractivity contribution in [3.8, 4) is 0 Å². The van der Waals surface area contributed by atoms with Crippen LogP contribution in [0, 0.1) is 24.0 Å². The van der Waals surface area contributed by atoms with Crippen molar-refractivity contribution in [3.63, 3.8) is 0 Å². The molecular weight excluding hydrogens is 388 g/mol. The van der Waals surface area contributed by atoms with E-state index in [0.29, 0.717) is 11.1 Å². The standard InChI is InChI=1S/C21H24N4O5/c1-5-10-23-13(2)11-17(14(23)3)18(26)12-24-19(27)21(4,22-20(24)28)15-6-8-16(9-7-15)25(29)30/h6-9,11H,5,10,12H2,1-4H3,(H,22,28). The van der Waals surface area contributed by atoms with E-state index < -0.39 is 22.4 Å². The number of amides is 3. The van der Waals surface area contributed by atoms with Gasteiger partial charge in [-0.2, -0.15) is 0 Å². The van der Waals surface area contributed by atoms with Gasteiger partial charge in [-0.25, -0.2) is 4.79 Å². The third-order valence-corrected chi connectivity index (χ3v) is 5.55. The zero-order valence-electron chi connectivity index (χ0n) is 17.4. The Morgan fingerprint density at radius 3 is 2.40 bits per heavy atom. The number of benzene rings is 1. The number of hydrogen-bond donors (Lipinski definition) is 1. The second-order valence-electron chi connectivity index (χ2n) is 7.61. The Balaban J connectivity index is 1.84. The van der Waals surface area contributed by atoms with E-state index in [1.807, 2.05) is 25.3 Å². The fourth-order valence-electron chi connectivity index (χ4n) is 3.83. The van der Waals surface area contributed by atoms with Crippen molar-refractivity contribution in [2.75, 3.05) is 6.54 Å². The molecule has 0 saturated carbocycles. The lowest BCUT2D eigenvalue weighted by Gasteiger charge is -2.22. The third-order valence-electron chi connectivity index (χ3n) is 5.55. The number of aryl methyl sites for hydroxylation is 1. The average molecular weight is 412 g/mol. The predicted octanol–water partition coefficient (Wildman–Crippen LogP) is 3.07. The SMILES string of the molecule is CCCn1c(C)cc(C(=O)CN2C(=O)NC(C)(c3ccc([N+](=O)[O-])cc3)C2=O)c1C. The summed E-state index contributed by atoms with van der Waals surface area (Å²) in [6.45, 7) is 7.75. The minimum atomic E-state index is -1.40. The number of nitro groups is 1. The van der Waals surface area contributed by atoms with Crippen molar-refractivity contribution in [3.05, 3.63) is 63.0 Å². The van der Waals surface area contributed by atoms with Crippen LogP contribution in [0.5, 0.6) is 0 Å². The summed E-state index contributed by atoms with van der Waals surface area (Å²) in [4.78, 5) is 49.6. The van der Waals surface area contributed by atoms with E-state index in [2.05, 4.69) is 5.32 Å². The lowest BCUT2D eigenvalue weighted by Crippen LogP contribution is -2.41. The summed E-state index contributed by atoms with van der Waals surface area (Å²) < 4.78 is 2.04. The van der Waals surface area contributed by atoms with Crippen molar-refractivity contribution in [1.29, 1.82) is 0 Å². The molecular formula is C21H24N4O5. The molecule has 1 aromatic carbocycles. The number of nitrogens with zero attached hydrogens (tertiary/aromatic N) is 3. The molecule has 1 aliphatic heterocycles. The van der Waals surface area contributed by atoms with Crippen molar-refractivity contribution in [2.24, 2.45) is 0 Å². The molecule has 0 spiro atoms. The van der Waals surface area contributed by atoms with Gasteiger partial charge in [0.25, 0.3) is 11.6 Å². The molecule has 0 radical (unpaired) electrons. The molecule has 0 bridgehead atoms. The van der Waals surface area contributed by atoms with Crippen LogP contribution in [0.15, 0.2) is 30.3 Å². The minimum Gasteiger partial charge on any atom is -0.348 e. The Hall–Kier alpha value is -3.49. The van der Waals surface area contributed by atoms with Gasteiger partial charge in [-0.05, 0) is 51.0 Å². The van der Waals surface area contributed by atoms with Crippen LogP contribution in [0.3, 0.4) is 0 Å². The molecule has 1 aliphatic rings. The van der Waals surface area contributed by atoms with Crippen LogP contribution in [0.4, 0.5) is 10.5 Å².